The first-order chi connectivity index (χ1) is 9.33. The van der Waals surface area contributed by atoms with Crippen LogP contribution < -0.4 is 14.8 Å². The molecule has 0 aliphatic heterocycles. The Bertz CT molecular complexity index is 500. The molecule has 2 aromatic rings. The highest BCUT2D eigenvalue weighted by Crippen LogP contribution is 2.24. The predicted octanol–water partition coefficient (Wildman–Crippen LogP) is 1.42. The Morgan fingerprint density at radius 2 is 2.16 bits per heavy atom. The van der Waals surface area contributed by atoms with Crippen LogP contribution in [0, 0.1) is 0 Å². The molecular weight excluding hydrogens is 246 g/mol. The number of ether oxygens (including phenoxy) is 2. The molecule has 0 amide bonds. The summed E-state index contributed by atoms with van der Waals surface area (Å²) in [7, 11) is 3.29. The second-order valence-corrected chi connectivity index (χ2v) is 3.95. The summed E-state index contributed by atoms with van der Waals surface area (Å²) in [5, 5.41) is 7.06. The zero-order valence-electron chi connectivity index (χ0n) is 11.0. The van der Waals surface area contributed by atoms with E-state index < -0.39 is 0 Å². The molecule has 1 N–H and O–H groups in total. The van der Waals surface area contributed by atoms with E-state index in [0.717, 1.165) is 30.0 Å². The van der Waals surface area contributed by atoms with Crippen LogP contribution in [-0.4, -0.2) is 30.9 Å². The fraction of sp³-hybridized carbons (Fsp3) is 0.385. The zero-order valence-corrected chi connectivity index (χ0v) is 11.0. The van der Waals surface area contributed by atoms with Crippen molar-refractivity contribution in [2.45, 2.75) is 13.0 Å². The Hall–Kier alpha value is -2.08. The van der Waals surface area contributed by atoms with Crippen LogP contribution >= 0.6 is 0 Å². The average Bonchev–Trinajstić information content (AvgIpc) is 2.96. The molecule has 0 fully saturated rings. The largest absolute Gasteiger partial charge is 0.497 e. The van der Waals surface area contributed by atoms with E-state index in [2.05, 4.69) is 20.0 Å². The molecule has 0 saturated heterocycles. The molecular formula is C13H17N3O3. The maximum Gasteiger partial charge on any atom is 0.213 e. The molecule has 102 valence electrons. The van der Waals surface area contributed by atoms with E-state index in [1.165, 1.54) is 6.39 Å². The lowest BCUT2D eigenvalue weighted by molar-refractivity contribution is 0.389. The molecule has 1 heterocycles. The topological polar surface area (TPSA) is 69.4 Å². The highest BCUT2D eigenvalue weighted by atomic mass is 16.5. The van der Waals surface area contributed by atoms with Crippen molar-refractivity contribution in [1.82, 2.24) is 15.5 Å². The van der Waals surface area contributed by atoms with E-state index in [-0.39, 0.29) is 0 Å². The summed E-state index contributed by atoms with van der Waals surface area (Å²) in [5.74, 6) is 2.30. The van der Waals surface area contributed by atoms with Gasteiger partial charge in [-0.1, -0.05) is 11.2 Å². The summed E-state index contributed by atoms with van der Waals surface area (Å²) in [5.41, 5.74) is 1.08. The number of nitrogens with one attached hydrogen (secondary N) is 1. The maximum atomic E-state index is 5.33. The van der Waals surface area contributed by atoms with E-state index in [9.17, 15) is 0 Å². The van der Waals surface area contributed by atoms with Gasteiger partial charge >= 0.3 is 0 Å². The van der Waals surface area contributed by atoms with Crippen molar-refractivity contribution < 1.29 is 14.0 Å². The number of methoxy groups -OCH3 is 2. The lowest BCUT2D eigenvalue weighted by atomic mass is 10.2. The van der Waals surface area contributed by atoms with Crippen molar-refractivity contribution in [2.24, 2.45) is 0 Å². The molecule has 1 aromatic heterocycles. The first-order valence-electron chi connectivity index (χ1n) is 6.00. The number of rotatable bonds is 7. The van der Waals surface area contributed by atoms with Crippen molar-refractivity contribution in [3.05, 3.63) is 36.0 Å². The monoisotopic (exact) mass is 263 g/mol. The molecule has 19 heavy (non-hydrogen) atoms. The SMILES string of the molecule is COc1ccc(CNCCc2ncon2)c(OC)c1. The Morgan fingerprint density at radius 3 is 2.84 bits per heavy atom. The minimum atomic E-state index is 0.703. The second kappa shape index (κ2) is 6.75. The Kier molecular flexibility index (Phi) is 4.74. The smallest absolute Gasteiger partial charge is 0.213 e. The Balaban J connectivity index is 1.85. The molecule has 0 unspecified atom stereocenters. The third-order valence-corrected chi connectivity index (χ3v) is 2.74. The van der Waals surface area contributed by atoms with Gasteiger partial charge in [0, 0.05) is 31.1 Å². The fourth-order valence-corrected chi connectivity index (χ4v) is 1.72. The second-order valence-electron chi connectivity index (χ2n) is 3.95. The fourth-order valence-electron chi connectivity index (χ4n) is 1.72. The minimum Gasteiger partial charge on any atom is -0.497 e. The summed E-state index contributed by atoms with van der Waals surface area (Å²) in [6.07, 6.45) is 2.07. The van der Waals surface area contributed by atoms with Crippen LogP contribution in [0.1, 0.15) is 11.4 Å². The van der Waals surface area contributed by atoms with Gasteiger partial charge in [0.2, 0.25) is 6.39 Å². The highest BCUT2D eigenvalue weighted by Gasteiger charge is 2.05. The summed E-state index contributed by atoms with van der Waals surface area (Å²) in [6, 6.07) is 5.77. The number of hydrogen-bond acceptors (Lipinski definition) is 6. The van der Waals surface area contributed by atoms with Crippen molar-refractivity contribution in [3.8, 4) is 11.5 Å². The third kappa shape index (κ3) is 3.69. The van der Waals surface area contributed by atoms with Gasteiger partial charge in [0.15, 0.2) is 5.82 Å². The minimum absolute atomic E-state index is 0.703. The van der Waals surface area contributed by atoms with E-state index in [1.807, 2.05) is 18.2 Å². The number of benzene rings is 1. The van der Waals surface area contributed by atoms with Crippen molar-refractivity contribution in [3.63, 3.8) is 0 Å². The summed E-state index contributed by atoms with van der Waals surface area (Å²) < 4.78 is 15.2. The average molecular weight is 263 g/mol. The number of hydrogen-bond donors (Lipinski definition) is 1. The first-order valence-corrected chi connectivity index (χ1v) is 6.00. The van der Waals surface area contributed by atoms with E-state index in [0.29, 0.717) is 12.4 Å². The molecule has 6 heteroatoms. The van der Waals surface area contributed by atoms with Crippen molar-refractivity contribution in [1.29, 1.82) is 0 Å². The third-order valence-electron chi connectivity index (χ3n) is 2.74. The van der Waals surface area contributed by atoms with Gasteiger partial charge in [-0.05, 0) is 6.07 Å². The number of nitrogens with zero attached hydrogens (tertiary/aromatic N) is 2. The van der Waals surface area contributed by atoms with Crippen molar-refractivity contribution >= 4 is 0 Å². The summed E-state index contributed by atoms with van der Waals surface area (Å²) in [6.45, 7) is 1.49. The van der Waals surface area contributed by atoms with Crippen LogP contribution in [0.4, 0.5) is 0 Å². The molecule has 0 aliphatic carbocycles. The van der Waals surface area contributed by atoms with Crippen LogP contribution in [0.3, 0.4) is 0 Å². The van der Waals surface area contributed by atoms with Gasteiger partial charge in [-0.3, -0.25) is 0 Å². The standard InChI is InChI=1S/C13H17N3O3/c1-17-11-4-3-10(12(7-11)18-2)8-14-6-5-13-15-9-19-16-13/h3-4,7,9,14H,5-6,8H2,1-2H3. The molecule has 6 nitrogen and oxygen atoms in total. The predicted molar refractivity (Wildman–Crippen MR) is 69.3 cm³/mol. The van der Waals surface area contributed by atoms with Gasteiger partial charge in [-0.25, -0.2) is 0 Å². The molecule has 0 spiro atoms. The van der Waals surface area contributed by atoms with Crippen LogP contribution in [0.15, 0.2) is 29.1 Å². The Labute approximate surface area is 111 Å². The first kappa shape index (κ1) is 13.4. The normalized spacial score (nSPS) is 10.4. The van der Waals surface area contributed by atoms with E-state index >= 15 is 0 Å². The lowest BCUT2D eigenvalue weighted by Crippen LogP contribution is -2.17. The quantitative estimate of drug-likeness (QED) is 0.762. The molecule has 2 rings (SSSR count). The van der Waals surface area contributed by atoms with Crippen LogP contribution in [0.2, 0.25) is 0 Å². The van der Waals surface area contributed by atoms with Crippen LogP contribution in [0.5, 0.6) is 11.5 Å². The summed E-state index contributed by atoms with van der Waals surface area (Å²) in [4.78, 5) is 3.96. The van der Waals surface area contributed by atoms with Crippen LogP contribution in [0.25, 0.3) is 0 Å². The molecule has 0 bridgehead atoms. The van der Waals surface area contributed by atoms with E-state index in [1.54, 1.807) is 14.2 Å². The zero-order chi connectivity index (χ0) is 13.5. The molecule has 0 aliphatic rings. The molecule has 0 radical (unpaired) electrons. The van der Waals surface area contributed by atoms with Gasteiger partial charge < -0.3 is 19.3 Å². The number of aromatic nitrogens is 2. The van der Waals surface area contributed by atoms with Gasteiger partial charge in [0.1, 0.15) is 11.5 Å². The lowest BCUT2D eigenvalue weighted by Gasteiger charge is -2.10. The van der Waals surface area contributed by atoms with Crippen molar-refractivity contribution in [2.75, 3.05) is 20.8 Å². The molecule has 0 saturated carbocycles. The molecule has 0 atom stereocenters. The highest BCUT2D eigenvalue weighted by molar-refractivity contribution is 5.40. The molecule has 1 aromatic carbocycles. The van der Waals surface area contributed by atoms with Gasteiger partial charge in [-0.15, -0.1) is 0 Å². The summed E-state index contributed by atoms with van der Waals surface area (Å²) >= 11 is 0. The van der Waals surface area contributed by atoms with Gasteiger partial charge in [0.05, 0.1) is 14.2 Å². The maximum absolute atomic E-state index is 5.33. The Morgan fingerprint density at radius 1 is 1.26 bits per heavy atom. The van der Waals surface area contributed by atoms with Crippen LogP contribution in [-0.2, 0) is 13.0 Å². The van der Waals surface area contributed by atoms with Gasteiger partial charge in [0.25, 0.3) is 0 Å². The van der Waals surface area contributed by atoms with E-state index in [4.69, 9.17) is 9.47 Å². The van der Waals surface area contributed by atoms with Gasteiger partial charge in [-0.2, -0.15) is 4.98 Å².